The molecule has 0 aromatic heterocycles. The van der Waals surface area contributed by atoms with Gasteiger partial charge in [0.2, 0.25) is 15.9 Å². The Hall–Kier alpha value is -3.07. The van der Waals surface area contributed by atoms with Gasteiger partial charge in [-0.15, -0.1) is 0 Å². The molecule has 0 spiro atoms. The van der Waals surface area contributed by atoms with E-state index in [0.717, 1.165) is 9.87 Å². The highest BCUT2D eigenvalue weighted by Crippen LogP contribution is 2.27. The van der Waals surface area contributed by atoms with Crippen LogP contribution in [-0.4, -0.2) is 39.4 Å². The summed E-state index contributed by atoms with van der Waals surface area (Å²) in [6.45, 7) is -0.348. The quantitative estimate of drug-likeness (QED) is 0.502. The molecule has 1 amide bonds. The molecule has 1 N–H and O–H groups in total. The summed E-state index contributed by atoms with van der Waals surface area (Å²) in [7, 11) is -0.968. The van der Waals surface area contributed by atoms with Gasteiger partial charge >= 0.3 is 0 Å². The first-order chi connectivity index (χ1) is 15.3. The van der Waals surface area contributed by atoms with Gasteiger partial charge in [0.05, 0.1) is 30.7 Å². The number of nitrogens with one attached hydrogen (secondary N) is 1. The Balaban J connectivity index is 1.85. The zero-order chi connectivity index (χ0) is 23.1. The molecule has 0 aliphatic heterocycles. The SMILES string of the molecule is COc1ccc(S(=O)(=O)N(CC(=O)Nc2ccc(OC)c(Cl)c2)Cc2ccccc2)cc1. The average Bonchev–Trinajstić information content (AvgIpc) is 2.79. The summed E-state index contributed by atoms with van der Waals surface area (Å²) in [4.78, 5) is 12.8. The molecule has 0 aliphatic rings. The van der Waals surface area contributed by atoms with E-state index in [0.29, 0.717) is 22.2 Å². The van der Waals surface area contributed by atoms with E-state index in [1.165, 1.54) is 32.4 Å². The Morgan fingerprint density at radius 1 is 0.969 bits per heavy atom. The molecular formula is C23H23ClN2O5S. The van der Waals surface area contributed by atoms with E-state index in [4.69, 9.17) is 21.1 Å². The maximum atomic E-state index is 13.3. The minimum atomic E-state index is -3.96. The molecule has 7 nitrogen and oxygen atoms in total. The number of hydrogen-bond donors (Lipinski definition) is 1. The van der Waals surface area contributed by atoms with Crippen LogP contribution in [0.2, 0.25) is 5.02 Å². The highest BCUT2D eigenvalue weighted by molar-refractivity contribution is 7.89. The molecule has 168 valence electrons. The molecule has 0 saturated heterocycles. The van der Waals surface area contributed by atoms with Crippen molar-refractivity contribution >= 4 is 33.2 Å². The fraction of sp³-hybridized carbons (Fsp3) is 0.174. The number of methoxy groups -OCH3 is 2. The summed E-state index contributed by atoms with van der Waals surface area (Å²) >= 11 is 6.11. The number of benzene rings is 3. The molecule has 0 saturated carbocycles. The molecule has 9 heteroatoms. The van der Waals surface area contributed by atoms with Crippen LogP contribution in [0.4, 0.5) is 5.69 Å². The normalized spacial score (nSPS) is 11.2. The molecule has 0 fully saturated rings. The fourth-order valence-corrected chi connectivity index (χ4v) is 4.66. The van der Waals surface area contributed by atoms with Crippen molar-refractivity contribution in [2.24, 2.45) is 0 Å². The second-order valence-corrected chi connectivity index (χ2v) is 9.18. The second-order valence-electron chi connectivity index (χ2n) is 6.83. The third kappa shape index (κ3) is 5.79. The lowest BCUT2D eigenvalue weighted by Crippen LogP contribution is -2.37. The van der Waals surface area contributed by atoms with E-state index in [2.05, 4.69) is 5.32 Å². The lowest BCUT2D eigenvalue weighted by atomic mass is 10.2. The van der Waals surface area contributed by atoms with E-state index in [9.17, 15) is 13.2 Å². The zero-order valence-corrected chi connectivity index (χ0v) is 19.2. The lowest BCUT2D eigenvalue weighted by molar-refractivity contribution is -0.116. The van der Waals surface area contributed by atoms with Crippen LogP contribution in [0.15, 0.2) is 77.7 Å². The molecule has 0 heterocycles. The van der Waals surface area contributed by atoms with E-state index in [1.54, 1.807) is 36.4 Å². The number of carbonyl (C=O) groups excluding carboxylic acids is 1. The van der Waals surface area contributed by atoms with E-state index >= 15 is 0 Å². The molecule has 0 bridgehead atoms. The summed E-state index contributed by atoms with van der Waals surface area (Å²) in [6, 6.07) is 19.9. The van der Waals surface area contributed by atoms with Crippen molar-refractivity contribution in [2.45, 2.75) is 11.4 Å². The van der Waals surface area contributed by atoms with Crippen LogP contribution >= 0.6 is 11.6 Å². The highest BCUT2D eigenvalue weighted by Gasteiger charge is 2.27. The summed E-state index contributed by atoms with van der Waals surface area (Å²) in [5, 5.41) is 3.02. The van der Waals surface area contributed by atoms with E-state index in [1.807, 2.05) is 18.2 Å². The highest BCUT2D eigenvalue weighted by atomic mass is 35.5. The summed E-state index contributed by atoms with van der Waals surface area (Å²) in [6.07, 6.45) is 0. The standard InChI is InChI=1S/C23H23ClN2O5S/c1-30-19-9-11-20(12-10-19)32(28,29)26(15-17-6-4-3-5-7-17)16-23(27)25-18-8-13-22(31-2)21(24)14-18/h3-14H,15-16H2,1-2H3,(H,25,27). The maximum absolute atomic E-state index is 13.3. The molecule has 32 heavy (non-hydrogen) atoms. The van der Waals surface area contributed by atoms with E-state index in [-0.39, 0.29) is 18.0 Å². The predicted octanol–water partition coefficient (Wildman–Crippen LogP) is 4.19. The van der Waals surface area contributed by atoms with Crippen molar-refractivity contribution in [3.05, 3.63) is 83.4 Å². The molecule has 0 aliphatic carbocycles. The summed E-state index contributed by atoms with van der Waals surface area (Å²) < 4.78 is 38.0. The lowest BCUT2D eigenvalue weighted by Gasteiger charge is -2.22. The van der Waals surface area contributed by atoms with Crippen LogP contribution in [-0.2, 0) is 21.4 Å². The largest absolute Gasteiger partial charge is 0.497 e. The number of ether oxygens (including phenoxy) is 2. The molecule has 0 atom stereocenters. The first-order valence-electron chi connectivity index (χ1n) is 9.65. The van der Waals surface area contributed by atoms with Crippen LogP contribution in [0.5, 0.6) is 11.5 Å². The van der Waals surface area contributed by atoms with Crippen molar-refractivity contribution < 1.29 is 22.7 Å². The van der Waals surface area contributed by atoms with Crippen molar-refractivity contribution in [1.82, 2.24) is 4.31 Å². The van der Waals surface area contributed by atoms with Crippen molar-refractivity contribution in [2.75, 3.05) is 26.1 Å². The number of halogens is 1. The van der Waals surface area contributed by atoms with E-state index < -0.39 is 15.9 Å². The van der Waals surface area contributed by atoms with Gasteiger partial charge < -0.3 is 14.8 Å². The molecule has 0 radical (unpaired) electrons. The van der Waals surface area contributed by atoms with Crippen LogP contribution in [0.1, 0.15) is 5.56 Å². The van der Waals surface area contributed by atoms with Gasteiger partial charge in [-0.25, -0.2) is 8.42 Å². The Bertz CT molecular complexity index is 1170. The topological polar surface area (TPSA) is 84.9 Å². The van der Waals surface area contributed by atoms with Gasteiger partial charge in [0.15, 0.2) is 0 Å². The number of hydrogen-bond acceptors (Lipinski definition) is 5. The number of anilines is 1. The Labute approximate surface area is 192 Å². The van der Waals surface area contributed by atoms with Crippen LogP contribution in [0.25, 0.3) is 0 Å². The Morgan fingerprint density at radius 2 is 1.66 bits per heavy atom. The predicted molar refractivity (Wildman–Crippen MR) is 124 cm³/mol. The maximum Gasteiger partial charge on any atom is 0.243 e. The molecule has 3 aromatic rings. The van der Waals surface area contributed by atoms with Gasteiger partial charge in [0.1, 0.15) is 11.5 Å². The monoisotopic (exact) mass is 474 g/mol. The summed E-state index contributed by atoms with van der Waals surface area (Å²) in [5.74, 6) is 0.504. The molecular weight excluding hydrogens is 452 g/mol. The minimum absolute atomic E-state index is 0.0337. The second kappa shape index (κ2) is 10.5. The number of carbonyl (C=O) groups is 1. The Morgan fingerprint density at radius 3 is 2.25 bits per heavy atom. The van der Waals surface area contributed by atoms with Crippen molar-refractivity contribution in [1.29, 1.82) is 0 Å². The number of nitrogens with zero attached hydrogens (tertiary/aromatic N) is 1. The van der Waals surface area contributed by atoms with Gasteiger partial charge in [0.25, 0.3) is 0 Å². The Kier molecular flexibility index (Phi) is 7.74. The first-order valence-corrected chi connectivity index (χ1v) is 11.5. The van der Waals surface area contributed by atoms with Crippen LogP contribution in [0.3, 0.4) is 0 Å². The number of rotatable bonds is 9. The third-order valence-corrected chi connectivity index (χ3v) is 6.76. The number of amides is 1. The molecule has 3 aromatic carbocycles. The number of sulfonamides is 1. The van der Waals surface area contributed by atoms with Gasteiger partial charge in [0, 0.05) is 12.2 Å². The molecule has 0 unspecified atom stereocenters. The van der Waals surface area contributed by atoms with Crippen molar-refractivity contribution in [3.8, 4) is 11.5 Å². The van der Waals surface area contributed by atoms with Crippen molar-refractivity contribution in [3.63, 3.8) is 0 Å². The van der Waals surface area contributed by atoms with Crippen LogP contribution in [0, 0.1) is 0 Å². The van der Waals surface area contributed by atoms with Gasteiger partial charge in [-0.3, -0.25) is 4.79 Å². The first kappa shape index (κ1) is 23.6. The molecule has 3 rings (SSSR count). The smallest absolute Gasteiger partial charge is 0.243 e. The van der Waals surface area contributed by atoms with Gasteiger partial charge in [-0.2, -0.15) is 4.31 Å². The minimum Gasteiger partial charge on any atom is -0.497 e. The third-order valence-electron chi connectivity index (χ3n) is 4.65. The zero-order valence-electron chi connectivity index (χ0n) is 17.6. The van der Waals surface area contributed by atoms with Gasteiger partial charge in [-0.05, 0) is 48.0 Å². The van der Waals surface area contributed by atoms with Gasteiger partial charge in [-0.1, -0.05) is 41.9 Å². The summed E-state index contributed by atoms with van der Waals surface area (Å²) in [5.41, 5.74) is 1.19. The average molecular weight is 475 g/mol. The fourth-order valence-electron chi connectivity index (χ4n) is 3.01. The van der Waals surface area contributed by atoms with Crippen LogP contribution < -0.4 is 14.8 Å².